The van der Waals surface area contributed by atoms with Crippen molar-refractivity contribution in [3.05, 3.63) is 59.2 Å². The Morgan fingerprint density at radius 3 is 2.64 bits per heavy atom. The summed E-state index contributed by atoms with van der Waals surface area (Å²) in [6, 6.07) is 14.4. The fourth-order valence-corrected chi connectivity index (χ4v) is 3.44. The molecule has 1 aliphatic heterocycles. The van der Waals surface area contributed by atoms with Gasteiger partial charge in [-0.25, -0.2) is 0 Å². The minimum absolute atomic E-state index is 0.0309. The van der Waals surface area contributed by atoms with Crippen LogP contribution in [0.15, 0.2) is 42.5 Å². The second-order valence-corrected chi connectivity index (χ2v) is 7.18. The van der Waals surface area contributed by atoms with E-state index in [-0.39, 0.29) is 5.91 Å². The van der Waals surface area contributed by atoms with Crippen molar-refractivity contribution in [3.8, 4) is 5.75 Å². The van der Waals surface area contributed by atoms with Gasteiger partial charge in [0.2, 0.25) is 0 Å². The monoisotopic (exact) mass is 337 g/mol. The molecule has 2 aromatic carbocycles. The zero-order valence-electron chi connectivity index (χ0n) is 15.6. The van der Waals surface area contributed by atoms with Crippen LogP contribution in [0.25, 0.3) is 0 Å². The van der Waals surface area contributed by atoms with Crippen LogP contribution in [0.4, 0.5) is 5.69 Å². The maximum absolute atomic E-state index is 13.0. The first-order valence-electron chi connectivity index (χ1n) is 9.14. The molecular weight excluding hydrogens is 310 g/mol. The van der Waals surface area contributed by atoms with Gasteiger partial charge in [0.25, 0.3) is 5.91 Å². The first kappa shape index (κ1) is 17.5. The first-order chi connectivity index (χ1) is 12.0. The Kier molecular flexibility index (Phi) is 5.12. The van der Waals surface area contributed by atoms with E-state index in [1.54, 1.807) is 0 Å². The van der Waals surface area contributed by atoms with Crippen LogP contribution in [0, 0.1) is 6.92 Å². The molecule has 0 spiro atoms. The van der Waals surface area contributed by atoms with Gasteiger partial charge in [-0.1, -0.05) is 44.2 Å². The average molecular weight is 337 g/mol. The minimum atomic E-state index is -0.509. The van der Waals surface area contributed by atoms with Gasteiger partial charge in [-0.2, -0.15) is 0 Å². The smallest absolute Gasteiger partial charge is 0.267 e. The highest BCUT2D eigenvalue weighted by atomic mass is 16.5. The predicted octanol–water partition coefficient (Wildman–Crippen LogP) is 4.87. The molecule has 0 aliphatic carbocycles. The lowest BCUT2D eigenvalue weighted by atomic mass is 10.00. The summed E-state index contributed by atoms with van der Waals surface area (Å²) in [7, 11) is 0. The van der Waals surface area contributed by atoms with Crippen LogP contribution < -0.4 is 9.64 Å². The maximum atomic E-state index is 13.0. The molecule has 0 fully saturated rings. The standard InChI is InChI=1S/C22H27NO2/c1-15(2)19-12-11-16(3)14-21(19)25-17(4)22(24)23-13-7-9-18-8-5-6-10-20(18)23/h5-6,8,10-12,14-15,17H,7,9,13H2,1-4H3/t17-/m1/s1. The Bertz CT molecular complexity index is 766. The Morgan fingerprint density at radius 2 is 1.88 bits per heavy atom. The van der Waals surface area contributed by atoms with Crippen molar-refractivity contribution in [2.75, 3.05) is 11.4 Å². The average Bonchev–Trinajstić information content (AvgIpc) is 2.60. The third kappa shape index (κ3) is 3.71. The molecule has 0 saturated carbocycles. The third-order valence-corrected chi connectivity index (χ3v) is 4.82. The largest absolute Gasteiger partial charge is 0.481 e. The topological polar surface area (TPSA) is 29.5 Å². The summed E-state index contributed by atoms with van der Waals surface area (Å²) >= 11 is 0. The lowest BCUT2D eigenvalue weighted by molar-refractivity contribution is -0.124. The molecule has 0 saturated heterocycles. The van der Waals surface area contributed by atoms with Gasteiger partial charge < -0.3 is 9.64 Å². The molecule has 1 heterocycles. The van der Waals surface area contributed by atoms with Crippen molar-refractivity contribution in [1.29, 1.82) is 0 Å². The predicted molar refractivity (Wildman–Crippen MR) is 102 cm³/mol. The van der Waals surface area contributed by atoms with Crippen molar-refractivity contribution in [1.82, 2.24) is 0 Å². The normalized spacial score (nSPS) is 15.0. The Labute approximate surface area is 150 Å². The Morgan fingerprint density at radius 1 is 1.12 bits per heavy atom. The van der Waals surface area contributed by atoms with Crippen LogP contribution in [-0.2, 0) is 11.2 Å². The third-order valence-electron chi connectivity index (χ3n) is 4.82. The van der Waals surface area contributed by atoms with E-state index in [9.17, 15) is 4.79 Å². The number of rotatable bonds is 4. The Hall–Kier alpha value is -2.29. The lowest BCUT2D eigenvalue weighted by Gasteiger charge is -2.31. The second kappa shape index (κ2) is 7.30. The molecular formula is C22H27NO2. The molecule has 3 rings (SSSR count). The van der Waals surface area contributed by atoms with Gasteiger partial charge in [0.15, 0.2) is 6.10 Å². The molecule has 25 heavy (non-hydrogen) atoms. The van der Waals surface area contributed by atoms with E-state index < -0.39 is 6.10 Å². The highest BCUT2D eigenvalue weighted by molar-refractivity contribution is 5.97. The number of aryl methyl sites for hydroxylation is 2. The van der Waals surface area contributed by atoms with E-state index >= 15 is 0 Å². The van der Waals surface area contributed by atoms with Crippen molar-refractivity contribution >= 4 is 11.6 Å². The molecule has 3 nitrogen and oxygen atoms in total. The van der Waals surface area contributed by atoms with Gasteiger partial charge in [-0.15, -0.1) is 0 Å². The van der Waals surface area contributed by atoms with Crippen molar-refractivity contribution < 1.29 is 9.53 Å². The summed E-state index contributed by atoms with van der Waals surface area (Å²) < 4.78 is 6.13. The number of amides is 1. The van der Waals surface area contributed by atoms with E-state index in [4.69, 9.17) is 4.74 Å². The molecule has 132 valence electrons. The number of carbonyl (C=O) groups excluding carboxylic acids is 1. The van der Waals surface area contributed by atoms with Gasteiger partial charge in [0.1, 0.15) is 5.75 Å². The van der Waals surface area contributed by atoms with E-state index in [0.29, 0.717) is 5.92 Å². The number of ether oxygens (including phenoxy) is 1. The lowest BCUT2D eigenvalue weighted by Crippen LogP contribution is -2.43. The SMILES string of the molecule is Cc1ccc(C(C)C)c(O[C@H](C)C(=O)N2CCCc3ccccc32)c1. The summed E-state index contributed by atoms with van der Waals surface area (Å²) in [5.41, 5.74) is 4.56. The van der Waals surface area contributed by atoms with Crippen LogP contribution in [0.2, 0.25) is 0 Å². The van der Waals surface area contributed by atoms with Gasteiger partial charge in [0, 0.05) is 12.2 Å². The Balaban J connectivity index is 1.82. The molecule has 2 aromatic rings. The quantitative estimate of drug-likeness (QED) is 0.797. The number of anilines is 1. The molecule has 0 bridgehead atoms. The molecule has 0 N–H and O–H groups in total. The highest BCUT2D eigenvalue weighted by Crippen LogP contribution is 2.30. The number of nitrogens with zero attached hydrogens (tertiary/aromatic N) is 1. The maximum Gasteiger partial charge on any atom is 0.267 e. The molecule has 1 atom stereocenters. The number of para-hydroxylation sites is 1. The zero-order valence-corrected chi connectivity index (χ0v) is 15.6. The summed E-state index contributed by atoms with van der Waals surface area (Å²) in [6.07, 6.45) is 1.52. The summed E-state index contributed by atoms with van der Waals surface area (Å²) in [4.78, 5) is 14.9. The first-order valence-corrected chi connectivity index (χ1v) is 9.14. The molecule has 1 aliphatic rings. The number of carbonyl (C=O) groups is 1. The van der Waals surface area contributed by atoms with Gasteiger partial charge >= 0.3 is 0 Å². The summed E-state index contributed by atoms with van der Waals surface area (Å²) in [5.74, 6) is 1.21. The second-order valence-electron chi connectivity index (χ2n) is 7.18. The van der Waals surface area contributed by atoms with Gasteiger partial charge in [0.05, 0.1) is 0 Å². The number of benzene rings is 2. The summed E-state index contributed by atoms with van der Waals surface area (Å²) in [6.45, 7) is 8.94. The fraction of sp³-hybridized carbons (Fsp3) is 0.409. The molecule has 0 radical (unpaired) electrons. The van der Waals surface area contributed by atoms with E-state index in [0.717, 1.165) is 42.0 Å². The van der Waals surface area contributed by atoms with Gasteiger partial charge in [-0.3, -0.25) is 4.79 Å². The van der Waals surface area contributed by atoms with Gasteiger partial charge in [-0.05, 0) is 61.4 Å². The van der Waals surface area contributed by atoms with Crippen molar-refractivity contribution in [2.24, 2.45) is 0 Å². The van der Waals surface area contributed by atoms with Crippen LogP contribution in [0.1, 0.15) is 49.8 Å². The van der Waals surface area contributed by atoms with Crippen LogP contribution in [0.5, 0.6) is 5.75 Å². The number of fused-ring (bicyclic) bond motifs is 1. The van der Waals surface area contributed by atoms with Crippen LogP contribution in [-0.4, -0.2) is 18.6 Å². The number of hydrogen-bond acceptors (Lipinski definition) is 2. The molecule has 0 unspecified atom stereocenters. The molecule has 1 amide bonds. The van der Waals surface area contributed by atoms with Crippen molar-refractivity contribution in [2.45, 2.75) is 52.6 Å². The minimum Gasteiger partial charge on any atom is -0.481 e. The van der Waals surface area contributed by atoms with Crippen LogP contribution in [0.3, 0.4) is 0 Å². The summed E-state index contributed by atoms with van der Waals surface area (Å²) in [5, 5.41) is 0. The fourth-order valence-electron chi connectivity index (χ4n) is 3.44. The highest BCUT2D eigenvalue weighted by Gasteiger charge is 2.27. The zero-order chi connectivity index (χ0) is 18.0. The number of hydrogen-bond donors (Lipinski definition) is 0. The molecule has 3 heteroatoms. The van der Waals surface area contributed by atoms with E-state index in [1.807, 2.05) is 43.0 Å². The van der Waals surface area contributed by atoms with E-state index in [2.05, 4.69) is 32.0 Å². The van der Waals surface area contributed by atoms with E-state index in [1.165, 1.54) is 5.56 Å². The van der Waals surface area contributed by atoms with Crippen molar-refractivity contribution in [3.63, 3.8) is 0 Å². The van der Waals surface area contributed by atoms with Crippen LogP contribution >= 0.6 is 0 Å². The molecule has 0 aromatic heterocycles.